The standard InChI is InChI=1S/C22H35N5O/c1-25-5-7-26(8-6-25)16-21-10-17-9-18(12-21)22(11-17,15-21)24-14-20(28)27-4-2-3-19(27)13-23/h17-19,24H,2-12,14-16H2,1H3/t17?,18?,19?,21-,22?/m0/s1. The van der Waals surface area contributed by atoms with Crippen LogP contribution in [0.5, 0.6) is 0 Å². The van der Waals surface area contributed by atoms with Crippen molar-refractivity contribution in [2.75, 3.05) is 52.9 Å². The van der Waals surface area contributed by atoms with Gasteiger partial charge in [-0.2, -0.15) is 5.26 Å². The van der Waals surface area contributed by atoms with Crippen molar-refractivity contribution < 1.29 is 4.79 Å². The first-order valence-corrected chi connectivity index (χ1v) is 11.4. The van der Waals surface area contributed by atoms with Gasteiger partial charge in [-0.1, -0.05) is 0 Å². The first kappa shape index (κ1) is 18.8. The number of piperazine rings is 1. The largest absolute Gasteiger partial charge is 0.326 e. The number of carbonyl (C=O) groups excluding carboxylic acids is 1. The van der Waals surface area contributed by atoms with Gasteiger partial charge in [0, 0.05) is 44.8 Å². The van der Waals surface area contributed by atoms with Crippen LogP contribution in [0.25, 0.3) is 0 Å². The number of nitriles is 1. The number of amides is 1. The van der Waals surface area contributed by atoms with E-state index in [9.17, 15) is 10.1 Å². The number of nitrogens with one attached hydrogen (secondary N) is 1. The van der Waals surface area contributed by atoms with E-state index in [1.165, 1.54) is 64.8 Å². The van der Waals surface area contributed by atoms with E-state index in [1.807, 2.05) is 4.90 Å². The molecule has 28 heavy (non-hydrogen) atoms. The second-order valence-electron chi connectivity index (χ2n) is 10.6. The van der Waals surface area contributed by atoms with Gasteiger partial charge in [0.25, 0.3) is 0 Å². The Kier molecular flexibility index (Phi) is 4.69. The molecule has 2 aliphatic heterocycles. The topological polar surface area (TPSA) is 62.6 Å². The van der Waals surface area contributed by atoms with E-state index < -0.39 is 0 Å². The highest BCUT2D eigenvalue weighted by Crippen LogP contribution is 2.66. The minimum atomic E-state index is -0.202. The quantitative estimate of drug-likeness (QED) is 0.773. The Morgan fingerprint density at radius 3 is 2.79 bits per heavy atom. The summed E-state index contributed by atoms with van der Waals surface area (Å²) in [7, 11) is 2.23. The van der Waals surface area contributed by atoms with Crippen LogP contribution in [-0.2, 0) is 4.79 Å². The summed E-state index contributed by atoms with van der Waals surface area (Å²) in [5.41, 5.74) is 0.660. The van der Waals surface area contributed by atoms with Gasteiger partial charge in [0.1, 0.15) is 6.04 Å². The molecule has 6 heteroatoms. The van der Waals surface area contributed by atoms with E-state index in [-0.39, 0.29) is 17.5 Å². The summed E-state index contributed by atoms with van der Waals surface area (Å²) in [4.78, 5) is 19.7. The maximum absolute atomic E-state index is 12.8. The van der Waals surface area contributed by atoms with E-state index in [2.05, 4.69) is 28.2 Å². The maximum atomic E-state index is 12.8. The average molecular weight is 386 g/mol. The highest BCUT2D eigenvalue weighted by Gasteiger charge is 2.63. The molecule has 1 amide bonds. The Bertz CT molecular complexity index is 668. The molecule has 0 aromatic rings. The van der Waals surface area contributed by atoms with Crippen molar-refractivity contribution in [1.29, 1.82) is 5.26 Å². The third kappa shape index (κ3) is 3.16. The Balaban J connectivity index is 1.22. The first-order chi connectivity index (χ1) is 13.5. The van der Waals surface area contributed by atoms with E-state index in [0.717, 1.165) is 31.2 Å². The van der Waals surface area contributed by atoms with Gasteiger partial charge >= 0.3 is 0 Å². The second kappa shape index (κ2) is 6.97. The van der Waals surface area contributed by atoms with Crippen LogP contribution >= 0.6 is 0 Å². The fourth-order valence-corrected chi connectivity index (χ4v) is 7.57. The summed E-state index contributed by atoms with van der Waals surface area (Å²) in [5, 5.41) is 13.1. The molecule has 4 saturated carbocycles. The highest BCUT2D eigenvalue weighted by molar-refractivity contribution is 5.79. The second-order valence-corrected chi connectivity index (χ2v) is 10.6. The molecule has 0 radical (unpaired) electrons. The zero-order valence-electron chi connectivity index (χ0n) is 17.3. The van der Waals surface area contributed by atoms with Gasteiger partial charge in [-0.15, -0.1) is 0 Å². The zero-order valence-corrected chi connectivity index (χ0v) is 17.3. The predicted octanol–water partition coefficient (Wildman–Crippen LogP) is 1.29. The molecule has 1 N–H and O–H groups in total. The molecule has 6 nitrogen and oxygen atoms in total. The molecule has 6 rings (SSSR count). The summed E-state index contributed by atoms with van der Waals surface area (Å²) >= 11 is 0. The van der Waals surface area contributed by atoms with Crippen LogP contribution in [0.4, 0.5) is 0 Å². The van der Waals surface area contributed by atoms with Gasteiger partial charge in [0.05, 0.1) is 12.6 Å². The van der Waals surface area contributed by atoms with Crippen LogP contribution in [0.1, 0.15) is 44.9 Å². The lowest BCUT2D eigenvalue weighted by molar-refractivity contribution is -0.130. The lowest BCUT2D eigenvalue weighted by Gasteiger charge is -2.45. The van der Waals surface area contributed by atoms with Crippen molar-refractivity contribution in [3.05, 3.63) is 0 Å². The molecule has 5 atom stereocenters. The molecule has 4 aliphatic carbocycles. The van der Waals surface area contributed by atoms with E-state index in [1.54, 1.807) is 0 Å². The molecule has 6 aliphatic rings. The summed E-state index contributed by atoms with van der Waals surface area (Å²) < 4.78 is 0. The number of likely N-dealkylation sites (N-methyl/N-ethyl adjacent to an activating group) is 1. The molecule has 4 unspecified atom stereocenters. The van der Waals surface area contributed by atoms with Crippen LogP contribution < -0.4 is 5.32 Å². The van der Waals surface area contributed by atoms with Crippen molar-refractivity contribution in [2.45, 2.75) is 56.5 Å². The van der Waals surface area contributed by atoms with E-state index in [0.29, 0.717) is 12.0 Å². The van der Waals surface area contributed by atoms with Crippen LogP contribution in [-0.4, -0.2) is 85.0 Å². The van der Waals surface area contributed by atoms with Crippen molar-refractivity contribution in [3.8, 4) is 6.07 Å². The molecule has 0 aromatic heterocycles. The van der Waals surface area contributed by atoms with Crippen molar-refractivity contribution in [2.24, 2.45) is 17.3 Å². The number of hydrogen-bond donors (Lipinski definition) is 1. The predicted molar refractivity (Wildman–Crippen MR) is 108 cm³/mol. The Morgan fingerprint density at radius 2 is 2.00 bits per heavy atom. The third-order valence-electron chi connectivity index (χ3n) is 8.61. The highest BCUT2D eigenvalue weighted by atomic mass is 16.2. The van der Waals surface area contributed by atoms with Crippen LogP contribution in [0.15, 0.2) is 0 Å². The Labute approximate surface area is 169 Å². The Morgan fingerprint density at radius 1 is 1.18 bits per heavy atom. The van der Waals surface area contributed by atoms with Gasteiger partial charge in [0.2, 0.25) is 5.91 Å². The maximum Gasteiger partial charge on any atom is 0.237 e. The van der Waals surface area contributed by atoms with Gasteiger partial charge < -0.3 is 20.0 Å². The van der Waals surface area contributed by atoms with Crippen LogP contribution in [0.3, 0.4) is 0 Å². The van der Waals surface area contributed by atoms with Crippen molar-refractivity contribution >= 4 is 5.91 Å². The Hall–Kier alpha value is -1.16. The summed E-state index contributed by atoms with van der Waals surface area (Å²) in [6.45, 7) is 7.23. The van der Waals surface area contributed by atoms with Gasteiger partial charge in [-0.25, -0.2) is 0 Å². The fraction of sp³-hybridized carbons (Fsp3) is 0.909. The molecule has 0 aromatic carbocycles. The molecule has 0 spiro atoms. The lowest BCUT2D eigenvalue weighted by atomic mass is 9.68. The molecule has 2 heterocycles. The van der Waals surface area contributed by atoms with E-state index >= 15 is 0 Å². The SMILES string of the molecule is CN1CCN(C[C@@]23CC4CC(C2)C(NCC(=O)N2CCCC2C#N)(C4)C3)CC1. The van der Waals surface area contributed by atoms with Crippen LogP contribution in [0.2, 0.25) is 0 Å². The van der Waals surface area contributed by atoms with Crippen molar-refractivity contribution in [1.82, 2.24) is 20.0 Å². The normalized spacial score (nSPS) is 43.0. The van der Waals surface area contributed by atoms with E-state index in [4.69, 9.17) is 0 Å². The zero-order chi connectivity index (χ0) is 19.4. The minimum Gasteiger partial charge on any atom is -0.326 e. The monoisotopic (exact) mass is 385 g/mol. The summed E-state index contributed by atoms with van der Waals surface area (Å²) in [6, 6.07) is 2.10. The number of likely N-dealkylation sites (tertiary alicyclic amines) is 1. The smallest absolute Gasteiger partial charge is 0.237 e. The van der Waals surface area contributed by atoms with Gasteiger partial charge in [0.15, 0.2) is 0 Å². The molecule has 4 bridgehead atoms. The van der Waals surface area contributed by atoms with Gasteiger partial charge in [-0.3, -0.25) is 4.79 Å². The molecule has 154 valence electrons. The average Bonchev–Trinajstić information content (AvgIpc) is 3.30. The molecular weight excluding hydrogens is 350 g/mol. The fourth-order valence-electron chi connectivity index (χ4n) is 7.57. The molecule has 6 fully saturated rings. The molecular formula is C22H35N5O. The number of carbonyl (C=O) groups is 1. The van der Waals surface area contributed by atoms with Crippen molar-refractivity contribution in [3.63, 3.8) is 0 Å². The lowest BCUT2D eigenvalue weighted by Crippen LogP contribution is -2.53. The summed E-state index contributed by atoms with van der Waals surface area (Å²) in [6.07, 6.45) is 8.42. The molecule has 2 saturated heterocycles. The minimum absolute atomic E-state index is 0.137. The first-order valence-electron chi connectivity index (χ1n) is 11.4. The summed E-state index contributed by atoms with van der Waals surface area (Å²) in [5.74, 6) is 1.73. The third-order valence-corrected chi connectivity index (χ3v) is 8.61. The van der Waals surface area contributed by atoms with Gasteiger partial charge in [-0.05, 0) is 69.2 Å². The van der Waals surface area contributed by atoms with Crippen LogP contribution in [0, 0.1) is 28.6 Å². The number of nitrogens with zero attached hydrogens (tertiary/aromatic N) is 4. The number of rotatable bonds is 5. The number of hydrogen-bond acceptors (Lipinski definition) is 5.